The molecule has 0 amide bonds. The minimum atomic E-state index is 0.347. The second-order valence-electron chi connectivity index (χ2n) is 4.81. The van der Waals surface area contributed by atoms with Gasteiger partial charge in [0.25, 0.3) is 0 Å². The van der Waals surface area contributed by atoms with Crippen LogP contribution in [0.2, 0.25) is 0 Å². The number of nitrogens with zero attached hydrogens (tertiary/aromatic N) is 2. The van der Waals surface area contributed by atoms with Gasteiger partial charge in [-0.05, 0) is 49.1 Å². The van der Waals surface area contributed by atoms with E-state index in [1.807, 2.05) is 0 Å². The van der Waals surface area contributed by atoms with Crippen molar-refractivity contribution in [3.63, 3.8) is 0 Å². The normalized spacial score (nSPS) is 12.2. The van der Waals surface area contributed by atoms with E-state index in [4.69, 9.17) is 0 Å². The molecule has 5 heteroatoms. The molecule has 20 heavy (non-hydrogen) atoms. The number of hydrogen-bond acceptors (Lipinski definition) is 5. The van der Waals surface area contributed by atoms with Gasteiger partial charge in [-0.25, -0.2) is 9.97 Å². The zero-order chi connectivity index (χ0) is 14.4. The van der Waals surface area contributed by atoms with E-state index < -0.39 is 0 Å². The zero-order valence-corrected chi connectivity index (χ0v) is 13.1. The fourth-order valence-electron chi connectivity index (χ4n) is 2.24. The highest BCUT2D eigenvalue weighted by Gasteiger charge is 2.12. The van der Waals surface area contributed by atoms with Gasteiger partial charge in [0.05, 0.1) is 0 Å². The molecule has 0 saturated heterocycles. The predicted molar refractivity (Wildman–Crippen MR) is 86.7 cm³/mol. The standard InChI is InChI=1S/C15H22N4S/c1-4-13-14(16-5-2)17-10-18-15(13)19-11(3)8-12-6-7-20-9-12/h6-7,9-11H,4-5,8H2,1-3H3,(H2,16,17,18,19). The third kappa shape index (κ3) is 3.70. The van der Waals surface area contributed by atoms with Gasteiger partial charge in [0.1, 0.15) is 18.0 Å². The molecule has 0 saturated carbocycles. The minimum absolute atomic E-state index is 0.347. The molecule has 2 heterocycles. The van der Waals surface area contributed by atoms with Gasteiger partial charge in [0, 0.05) is 18.2 Å². The summed E-state index contributed by atoms with van der Waals surface area (Å²) < 4.78 is 0. The van der Waals surface area contributed by atoms with Crippen LogP contribution >= 0.6 is 11.3 Å². The molecule has 2 aromatic rings. The lowest BCUT2D eigenvalue weighted by molar-refractivity contribution is 0.782. The Bertz CT molecular complexity index is 525. The van der Waals surface area contributed by atoms with E-state index in [-0.39, 0.29) is 0 Å². The first-order chi connectivity index (χ1) is 9.74. The van der Waals surface area contributed by atoms with Crippen LogP contribution in [0.4, 0.5) is 11.6 Å². The highest BCUT2D eigenvalue weighted by Crippen LogP contribution is 2.21. The quantitative estimate of drug-likeness (QED) is 0.818. The molecule has 0 aromatic carbocycles. The van der Waals surface area contributed by atoms with Crippen molar-refractivity contribution in [3.05, 3.63) is 34.3 Å². The first-order valence-electron chi connectivity index (χ1n) is 7.09. The molecule has 0 aliphatic carbocycles. The van der Waals surface area contributed by atoms with Crippen molar-refractivity contribution >= 4 is 23.0 Å². The van der Waals surface area contributed by atoms with Gasteiger partial charge in [0.2, 0.25) is 0 Å². The smallest absolute Gasteiger partial charge is 0.134 e. The van der Waals surface area contributed by atoms with Crippen molar-refractivity contribution in [2.24, 2.45) is 0 Å². The number of nitrogens with one attached hydrogen (secondary N) is 2. The third-order valence-corrected chi connectivity index (χ3v) is 3.88. The lowest BCUT2D eigenvalue weighted by Crippen LogP contribution is -2.20. The van der Waals surface area contributed by atoms with E-state index in [9.17, 15) is 0 Å². The van der Waals surface area contributed by atoms with Gasteiger partial charge in [0.15, 0.2) is 0 Å². The summed E-state index contributed by atoms with van der Waals surface area (Å²) in [4.78, 5) is 8.72. The third-order valence-electron chi connectivity index (χ3n) is 3.15. The Morgan fingerprint density at radius 3 is 2.70 bits per heavy atom. The fraction of sp³-hybridized carbons (Fsp3) is 0.467. The summed E-state index contributed by atoms with van der Waals surface area (Å²) in [5, 5.41) is 11.1. The van der Waals surface area contributed by atoms with Crippen LogP contribution in [0.3, 0.4) is 0 Å². The van der Waals surface area contributed by atoms with Crippen LogP contribution in [0, 0.1) is 0 Å². The van der Waals surface area contributed by atoms with Gasteiger partial charge < -0.3 is 10.6 Å². The van der Waals surface area contributed by atoms with Crippen LogP contribution < -0.4 is 10.6 Å². The molecular formula is C15H22N4S. The molecule has 1 unspecified atom stereocenters. The summed E-state index contributed by atoms with van der Waals surface area (Å²) in [6.45, 7) is 7.27. The molecule has 2 rings (SSSR count). The van der Waals surface area contributed by atoms with Gasteiger partial charge in [-0.15, -0.1) is 0 Å². The number of rotatable bonds is 7. The Balaban J connectivity index is 2.09. The molecule has 2 N–H and O–H groups in total. The number of aromatic nitrogens is 2. The summed E-state index contributed by atoms with van der Waals surface area (Å²) in [6.07, 6.45) is 3.54. The molecule has 108 valence electrons. The Morgan fingerprint density at radius 2 is 2.05 bits per heavy atom. The number of thiophene rings is 1. The average Bonchev–Trinajstić information content (AvgIpc) is 2.92. The van der Waals surface area contributed by atoms with E-state index in [0.717, 1.165) is 36.6 Å². The SMILES string of the molecule is CCNc1ncnc(NC(C)Cc2ccsc2)c1CC. The van der Waals surface area contributed by atoms with Crippen molar-refractivity contribution in [1.29, 1.82) is 0 Å². The molecule has 0 aliphatic rings. The molecular weight excluding hydrogens is 268 g/mol. The molecule has 0 spiro atoms. The van der Waals surface area contributed by atoms with Gasteiger partial charge >= 0.3 is 0 Å². The lowest BCUT2D eigenvalue weighted by atomic mass is 10.1. The van der Waals surface area contributed by atoms with E-state index in [0.29, 0.717) is 6.04 Å². The van der Waals surface area contributed by atoms with Crippen LogP contribution in [0.25, 0.3) is 0 Å². The molecule has 0 bridgehead atoms. The molecule has 0 fully saturated rings. The van der Waals surface area contributed by atoms with Gasteiger partial charge in [-0.2, -0.15) is 11.3 Å². The summed E-state index contributed by atoms with van der Waals surface area (Å²) >= 11 is 1.74. The topological polar surface area (TPSA) is 49.8 Å². The highest BCUT2D eigenvalue weighted by atomic mass is 32.1. The van der Waals surface area contributed by atoms with Crippen LogP contribution in [0.15, 0.2) is 23.2 Å². The highest BCUT2D eigenvalue weighted by molar-refractivity contribution is 7.07. The minimum Gasteiger partial charge on any atom is -0.370 e. The summed E-state index contributed by atoms with van der Waals surface area (Å²) in [5.74, 6) is 1.89. The van der Waals surface area contributed by atoms with Crippen molar-refractivity contribution in [2.75, 3.05) is 17.2 Å². The fourth-order valence-corrected chi connectivity index (χ4v) is 2.92. The Labute approximate surface area is 124 Å². The lowest BCUT2D eigenvalue weighted by Gasteiger charge is -2.18. The van der Waals surface area contributed by atoms with Crippen molar-refractivity contribution in [2.45, 2.75) is 39.7 Å². The van der Waals surface area contributed by atoms with Crippen molar-refractivity contribution in [1.82, 2.24) is 9.97 Å². The molecule has 0 radical (unpaired) electrons. The van der Waals surface area contributed by atoms with Crippen molar-refractivity contribution in [3.8, 4) is 0 Å². The monoisotopic (exact) mass is 290 g/mol. The van der Waals surface area contributed by atoms with E-state index >= 15 is 0 Å². The number of anilines is 2. The maximum Gasteiger partial charge on any atom is 0.134 e. The van der Waals surface area contributed by atoms with E-state index in [1.165, 1.54) is 5.56 Å². The molecule has 0 aliphatic heterocycles. The summed E-state index contributed by atoms with van der Waals surface area (Å²) in [6, 6.07) is 2.52. The zero-order valence-electron chi connectivity index (χ0n) is 12.3. The molecule has 4 nitrogen and oxygen atoms in total. The first-order valence-corrected chi connectivity index (χ1v) is 8.04. The second kappa shape index (κ2) is 7.24. The Hall–Kier alpha value is -1.62. The largest absolute Gasteiger partial charge is 0.370 e. The number of hydrogen-bond donors (Lipinski definition) is 2. The average molecular weight is 290 g/mol. The molecule has 1 atom stereocenters. The Kier molecular flexibility index (Phi) is 5.35. The van der Waals surface area contributed by atoms with Gasteiger partial charge in [-0.1, -0.05) is 6.92 Å². The van der Waals surface area contributed by atoms with Gasteiger partial charge in [-0.3, -0.25) is 0 Å². The van der Waals surface area contributed by atoms with Crippen LogP contribution in [-0.4, -0.2) is 22.6 Å². The predicted octanol–water partition coefficient (Wildman–Crippen LogP) is 3.58. The maximum absolute atomic E-state index is 4.40. The van der Waals surface area contributed by atoms with E-state index in [2.05, 4.69) is 58.2 Å². The van der Waals surface area contributed by atoms with Crippen LogP contribution in [0.5, 0.6) is 0 Å². The summed E-state index contributed by atoms with van der Waals surface area (Å²) in [5.41, 5.74) is 2.53. The van der Waals surface area contributed by atoms with E-state index in [1.54, 1.807) is 17.7 Å². The first kappa shape index (κ1) is 14.8. The second-order valence-corrected chi connectivity index (χ2v) is 5.59. The van der Waals surface area contributed by atoms with Crippen LogP contribution in [-0.2, 0) is 12.8 Å². The van der Waals surface area contributed by atoms with Crippen molar-refractivity contribution < 1.29 is 0 Å². The maximum atomic E-state index is 4.40. The summed E-state index contributed by atoms with van der Waals surface area (Å²) in [7, 11) is 0. The Morgan fingerprint density at radius 1 is 1.25 bits per heavy atom. The van der Waals surface area contributed by atoms with Crippen LogP contribution in [0.1, 0.15) is 31.9 Å². The molecule has 2 aromatic heterocycles.